The van der Waals surface area contributed by atoms with Crippen molar-refractivity contribution in [2.75, 3.05) is 6.54 Å². The van der Waals surface area contributed by atoms with Crippen LogP contribution in [0.1, 0.15) is 36.0 Å². The Hall–Kier alpha value is -0.420. The third-order valence-corrected chi connectivity index (χ3v) is 4.89. The number of carbonyl (C=O) groups is 1. The van der Waals surface area contributed by atoms with Crippen molar-refractivity contribution >= 4 is 37.8 Å². The van der Waals surface area contributed by atoms with Crippen molar-refractivity contribution in [3.05, 3.63) is 34.1 Å². The van der Waals surface area contributed by atoms with Crippen LogP contribution in [0.25, 0.3) is 0 Å². The molecule has 0 heterocycles. The molecule has 2 nitrogen and oxygen atoms in total. The summed E-state index contributed by atoms with van der Waals surface area (Å²) in [6.45, 7) is 0.690. The zero-order valence-corrected chi connectivity index (χ0v) is 13.6. The predicted molar refractivity (Wildman–Crippen MR) is 81.1 cm³/mol. The fraction of sp³-hybridized carbons (Fsp3) is 0.500. The topological polar surface area (TPSA) is 29.1 Å². The van der Waals surface area contributed by atoms with Gasteiger partial charge >= 0.3 is 0 Å². The molecule has 0 radical (unpaired) electrons. The average molecular weight is 393 g/mol. The van der Waals surface area contributed by atoms with Gasteiger partial charge in [-0.25, -0.2) is 4.39 Å². The Labute approximate surface area is 129 Å². The van der Waals surface area contributed by atoms with Gasteiger partial charge in [-0.05, 0) is 59.3 Å². The molecule has 0 bridgehead atoms. The van der Waals surface area contributed by atoms with Gasteiger partial charge in [-0.3, -0.25) is 4.79 Å². The first-order valence-corrected chi connectivity index (χ1v) is 8.14. The largest absolute Gasteiger partial charge is 0.352 e. The summed E-state index contributed by atoms with van der Waals surface area (Å²) >= 11 is 6.73. The van der Waals surface area contributed by atoms with E-state index in [2.05, 4.69) is 37.2 Å². The normalized spacial score (nSPS) is 23.1. The SMILES string of the molecule is O=C(NCC1CCCC(Br)C1)c1ccc(F)c(Br)c1. The van der Waals surface area contributed by atoms with Crippen LogP contribution < -0.4 is 5.32 Å². The second-order valence-electron chi connectivity index (χ2n) is 4.97. The standard InChI is InChI=1S/C14H16Br2FNO/c15-11-3-1-2-9(6-11)8-18-14(19)10-4-5-13(17)12(16)7-10/h4-5,7,9,11H,1-3,6,8H2,(H,18,19). The molecule has 19 heavy (non-hydrogen) atoms. The van der Waals surface area contributed by atoms with E-state index in [1.165, 1.54) is 31.0 Å². The molecule has 1 aromatic carbocycles. The summed E-state index contributed by atoms with van der Waals surface area (Å²) in [6, 6.07) is 4.32. The first kappa shape index (κ1) is 15.0. The summed E-state index contributed by atoms with van der Waals surface area (Å²) in [5, 5.41) is 2.93. The number of halogens is 3. The van der Waals surface area contributed by atoms with Crippen LogP contribution in [0.5, 0.6) is 0 Å². The second-order valence-corrected chi connectivity index (χ2v) is 7.12. The Morgan fingerprint density at radius 1 is 1.42 bits per heavy atom. The molecule has 0 aromatic heterocycles. The summed E-state index contributed by atoms with van der Waals surface area (Å²) in [7, 11) is 0. The molecule has 1 aromatic rings. The van der Waals surface area contributed by atoms with Crippen molar-refractivity contribution < 1.29 is 9.18 Å². The van der Waals surface area contributed by atoms with E-state index in [-0.39, 0.29) is 11.7 Å². The molecule has 1 aliphatic carbocycles. The van der Waals surface area contributed by atoms with Crippen LogP contribution in [0, 0.1) is 11.7 Å². The number of rotatable bonds is 3. The van der Waals surface area contributed by atoms with Crippen LogP contribution in [-0.4, -0.2) is 17.3 Å². The lowest BCUT2D eigenvalue weighted by molar-refractivity contribution is 0.0944. The molecule has 1 N–H and O–H groups in total. The lowest BCUT2D eigenvalue weighted by Gasteiger charge is -2.25. The highest BCUT2D eigenvalue weighted by atomic mass is 79.9. The van der Waals surface area contributed by atoms with Crippen molar-refractivity contribution in [3.8, 4) is 0 Å². The maximum absolute atomic E-state index is 13.1. The average Bonchev–Trinajstić information content (AvgIpc) is 2.39. The molecule has 0 aliphatic heterocycles. The van der Waals surface area contributed by atoms with Gasteiger partial charge in [-0.15, -0.1) is 0 Å². The number of hydrogen-bond donors (Lipinski definition) is 1. The third kappa shape index (κ3) is 4.28. The van der Waals surface area contributed by atoms with Crippen molar-refractivity contribution in [2.24, 2.45) is 5.92 Å². The Balaban J connectivity index is 1.88. The van der Waals surface area contributed by atoms with Crippen molar-refractivity contribution in [1.29, 1.82) is 0 Å². The van der Waals surface area contributed by atoms with E-state index in [9.17, 15) is 9.18 Å². The van der Waals surface area contributed by atoms with Gasteiger partial charge in [0.25, 0.3) is 5.91 Å². The highest BCUT2D eigenvalue weighted by Gasteiger charge is 2.20. The van der Waals surface area contributed by atoms with E-state index < -0.39 is 0 Å². The van der Waals surface area contributed by atoms with Gasteiger partial charge in [0.2, 0.25) is 0 Å². The molecule has 1 amide bonds. The zero-order chi connectivity index (χ0) is 13.8. The first-order chi connectivity index (χ1) is 9.06. The molecule has 1 fully saturated rings. The van der Waals surface area contributed by atoms with Crippen LogP contribution in [0.15, 0.2) is 22.7 Å². The fourth-order valence-corrected chi connectivity index (χ4v) is 3.62. The number of benzene rings is 1. The molecule has 2 rings (SSSR count). The quantitative estimate of drug-likeness (QED) is 0.764. The number of alkyl halides is 1. The number of nitrogens with one attached hydrogen (secondary N) is 1. The van der Waals surface area contributed by atoms with Crippen molar-refractivity contribution in [3.63, 3.8) is 0 Å². The van der Waals surface area contributed by atoms with Gasteiger partial charge in [0.15, 0.2) is 0 Å². The van der Waals surface area contributed by atoms with E-state index in [4.69, 9.17) is 0 Å². The number of carbonyl (C=O) groups excluding carboxylic acids is 1. The summed E-state index contributed by atoms with van der Waals surface area (Å²) in [5.74, 6) is 0.0364. The van der Waals surface area contributed by atoms with Crippen LogP contribution >= 0.6 is 31.9 Å². The number of amides is 1. The highest BCUT2D eigenvalue weighted by molar-refractivity contribution is 9.10. The Morgan fingerprint density at radius 2 is 2.21 bits per heavy atom. The predicted octanol–water partition coefficient (Wildman–Crippen LogP) is 4.27. The maximum atomic E-state index is 13.1. The van der Waals surface area contributed by atoms with Gasteiger partial charge in [0, 0.05) is 16.9 Å². The van der Waals surface area contributed by atoms with E-state index >= 15 is 0 Å². The first-order valence-electron chi connectivity index (χ1n) is 6.43. The smallest absolute Gasteiger partial charge is 0.251 e. The fourth-order valence-electron chi connectivity index (χ4n) is 2.39. The van der Waals surface area contributed by atoms with Crippen molar-refractivity contribution in [1.82, 2.24) is 5.32 Å². The van der Waals surface area contributed by atoms with Gasteiger partial charge in [0.05, 0.1) is 4.47 Å². The van der Waals surface area contributed by atoms with Crippen molar-refractivity contribution in [2.45, 2.75) is 30.5 Å². The second kappa shape index (κ2) is 6.84. The molecule has 104 valence electrons. The number of hydrogen-bond acceptors (Lipinski definition) is 1. The van der Waals surface area contributed by atoms with E-state index in [1.807, 2.05) is 0 Å². The van der Waals surface area contributed by atoms with Gasteiger partial charge in [-0.2, -0.15) is 0 Å². The molecular formula is C14H16Br2FNO. The van der Waals surface area contributed by atoms with E-state index in [0.717, 1.165) is 12.8 Å². The zero-order valence-electron chi connectivity index (χ0n) is 10.5. The van der Waals surface area contributed by atoms with E-state index in [0.29, 0.717) is 27.3 Å². The molecule has 5 heteroatoms. The van der Waals surface area contributed by atoms with Gasteiger partial charge in [0.1, 0.15) is 5.82 Å². The van der Waals surface area contributed by atoms with Crippen LogP contribution in [0.2, 0.25) is 0 Å². The molecule has 2 unspecified atom stereocenters. The minimum Gasteiger partial charge on any atom is -0.352 e. The van der Waals surface area contributed by atoms with Crippen LogP contribution in [0.4, 0.5) is 4.39 Å². The molecule has 2 atom stereocenters. The summed E-state index contributed by atoms with van der Waals surface area (Å²) in [5.41, 5.74) is 0.486. The Bertz CT molecular complexity index is 467. The molecule has 0 saturated heterocycles. The van der Waals surface area contributed by atoms with Gasteiger partial charge in [-0.1, -0.05) is 22.4 Å². The van der Waals surface area contributed by atoms with E-state index in [1.54, 1.807) is 0 Å². The Morgan fingerprint density at radius 3 is 2.89 bits per heavy atom. The summed E-state index contributed by atoms with van der Waals surface area (Å²) in [4.78, 5) is 12.5. The Kier molecular flexibility index (Phi) is 5.39. The van der Waals surface area contributed by atoms with Gasteiger partial charge < -0.3 is 5.32 Å². The highest BCUT2D eigenvalue weighted by Crippen LogP contribution is 2.28. The minimum absolute atomic E-state index is 0.141. The van der Waals surface area contributed by atoms with Crippen LogP contribution in [-0.2, 0) is 0 Å². The lowest BCUT2D eigenvalue weighted by atomic mass is 9.89. The summed E-state index contributed by atoms with van der Waals surface area (Å²) in [6.07, 6.45) is 4.69. The monoisotopic (exact) mass is 391 g/mol. The van der Waals surface area contributed by atoms with Crippen LogP contribution in [0.3, 0.4) is 0 Å². The molecule has 0 spiro atoms. The molecule has 1 aliphatic rings. The lowest BCUT2D eigenvalue weighted by Crippen LogP contribution is -2.31. The minimum atomic E-state index is -0.356. The third-order valence-electron chi connectivity index (χ3n) is 3.45. The maximum Gasteiger partial charge on any atom is 0.251 e. The molecular weight excluding hydrogens is 377 g/mol. The molecule has 1 saturated carbocycles. The summed E-state index contributed by atoms with van der Waals surface area (Å²) < 4.78 is 13.4.